The Bertz CT molecular complexity index is 416. The molecule has 1 aromatic carbocycles. The number of carbonyl (C=O) groups is 1. The highest BCUT2D eigenvalue weighted by atomic mass is 35.5. The van der Waals surface area contributed by atoms with Crippen LogP contribution in [0.3, 0.4) is 0 Å². The molecular weight excluding hydrogens is 290 g/mol. The minimum Gasteiger partial charge on any atom is -0.492 e. The Labute approximate surface area is 132 Å². The van der Waals surface area contributed by atoms with E-state index >= 15 is 0 Å². The third-order valence-corrected chi connectivity index (χ3v) is 3.49. The number of piperidine rings is 1. The van der Waals surface area contributed by atoms with E-state index in [0.717, 1.165) is 12.3 Å². The number of rotatable bonds is 6. The van der Waals surface area contributed by atoms with Gasteiger partial charge in [0.2, 0.25) is 0 Å². The predicted molar refractivity (Wildman–Crippen MR) is 85.4 cm³/mol. The van der Waals surface area contributed by atoms with Crippen molar-refractivity contribution in [2.24, 2.45) is 0 Å². The molecule has 1 saturated heterocycles. The lowest BCUT2D eigenvalue weighted by Crippen LogP contribution is -2.33. The van der Waals surface area contributed by atoms with E-state index in [4.69, 9.17) is 9.47 Å². The van der Waals surface area contributed by atoms with E-state index < -0.39 is 0 Å². The molecule has 1 heterocycles. The van der Waals surface area contributed by atoms with Gasteiger partial charge in [0, 0.05) is 6.54 Å². The van der Waals surface area contributed by atoms with Crippen LogP contribution in [0.5, 0.6) is 5.75 Å². The molecule has 0 saturated carbocycles. The zero-order valence-electron chi connectivity index (χ0n) is 12.5. The molecule has 0 unspecified atom stereocenters. The van der Waals surface area contributed by atoms with Gasteiger partial charge in [0.25, 0.3) is 0 Å². The topological polar surface area (TPSA) is 38.8 Å². The second-order valence-electron chi connectivity index (χ2n) is 5.00. The second kappa shape index (κ2) is 9.64. The smallest absolute Gasteiger partial charge is 0.338 e. The molecule has 0 aliphatic carbocycles. The molecule has 1 fully saturated rings. The number of likely N-dealkylation sites (tertiary alicyclic amines) is 1. The van der Waals surface area contributed by atoms with E-state index in [1.807, 2.05) is 12.1 Å². The molecule has 0 aromatic heterocycles. The maximum Gasteiger partial charge on any atom is 0.338 e. The van der Waals surface area contributed by atoms with Crippen molar-refractivity contribution < 1.29 is 14.3 Å². The number of hydrogen-bond donors (Lipinski definition) is 0. The van der Waals surface area contributed by atoms with Crippen molar-refractivity contribution in [2.75, 3.05) is 32.8 Å². The van der Waals surface area contributed by atoms with Crippen molar-refractivity contribution >= 4 is 18.4 Å². The molecule has 0 atom stereocenters. The predicted octanol–water partition coefficient (Wildman–Crippen LogP) is 3.15. The van der Waals surface area contributed by atoms with Crippen LogP contribution in [0.25, 0.3) is 0 Å². The highest BCUT2D eigenvalue weighted by Gasteiger charge is 2.10. The van der Waals surface area contributed by atoms with Gasteiger partial charge in [0.15, 0.2) is 0 Å². The lowest BCUT2D eigenvalue weighted by atomic mass is 10.1. The Hall–Kier alpha value is -1.26. The summed E-state index contributed by atoms with van der Waals surface area (Å²) in [4.78, 5) is 13.9. The molecule has 0 N–H and O–H groups in total. The number of esters is 1. The number of ether oxygens (including phenoxy) is 2. The average Bonchev–Trinajstić information content (AvgIpc) is 2.49. The number of nitrogens with zero attached hydrogens (tertiary/aromatic N) is 1. The number of hydrogen-bond acceptors (Lipinski definition) is 4. The molecular formula is C16H24ClNO3. The van der Waals surface area contributed by atoms with Crippen molar-refractivity contribution in [1.82, 2.24) is 4.90 Å². The summed E-state index contributed by atoms with van der Waals surface area (Å²) in [5.41, 5.74) is 0.565. The van der Waals surface area contributed by atoms with Crippen LogP contribution >= 0.6 is 12.4 Å². The Balaban J connectivity index is 0.00000220. The third kappa shape index (κ3) is 5.94. The fourth-order valence-electron chi connectivity index (χ4n) is 2.38. The summed E-state index contributed by atoms with van der Waals surface area (Å²) in [6.45, 7) is 6.23. The summed E-state index contributed by atoms with van der Waals surface area (Å²) < 4.78 is 10.7. The Morgan fingerprint density at radius 2 is 1.81 bits per heavy atom. The number of benzene rings is 1. The lowest BCUT2D eigenvalue weighted by Gasteiger charge is -2.26. The molecule has 4 nitrogen and oxygen atoms in total. The maximum atomic E-state index is 11.5. The summed E-state index contributed by atoms with van der Waals surface area (Å²) >= 11 is 0. The maximum absolute atomic E-state index is 11.5. The molecule has 2 rings (SSSR count). The van der Waals surface area contributed by atoms with E-state index in [0.29, 0.717) is 18.8 Å². The molecule has 21 heavy (non-hydrogen) atoms. The van der Waals surface area contributed by atoms with Gasteiger partial charge in [-0.1, -0.05) is 6.42 Å². The minimum absolute atomic E-state index is 0. The highest BCUT2D eigenvalue weighted by molar-refractivity contribution is 5.89. The molecule has 1 aromatic rings. The molecule has 0 bridgehead atoms. The van der Waals surface area contributed by atoms with E-state index in [9.17, 15) is 4.79 Å². The average molecular weight is 314 g/mol. The first-order valence-corrected chi connectivity index (χ1v) is 7.42. The number of carbonyl (C=O) groups excluding carboxylic acids is 1. The van der Waals surface area contributed by atoms with Gasteiger partial charge in [-0.25, -0.2) is 4.79 Å². The van der Waals surface area contributed by atoms with Gasteiger partial charge in [-0.2, -0.15) is 0 Å². The zero-order valence-corrected chi connectivity index (χ0v) is 13.4. The second-order valence-corrected chi connectivity index (χ2v) is 5.00. The van der Waals surface area contributed by atoms with Gasteiger partial charge >= 0.3 is 5.97 Å². The summed E-state index contributed by atoms with van der Waals surface area (Å²) in [6.07, 6.45) is 3.95. The Morgan fingerprint density at radius 1 is 1.14 bits per heavy atom. The van der Waals surface area contributed by atoms with Crippen molar-refractivity contribution in [2.45, 2.75) is 26.2 Å². The molecule has 1 aliphatic heterocycles. The van der Waals surface area contributed by atoms with Gasteiger partial charge in [-0.05, 0) is 57.1 Å². The zero-order chi connectivity index (χ0) is 14.2. The molecule has 0 spiro atoms. The first-order chi connectivity index (χ1) is 9.79. The SMILES string of the molecule is CCOC(=O)c1ccc(OCCN2CCCCC2)cc1.Cl. The molecule has 5 heteroatoms. The molecule has 0 amide bonds. The summed E-state index contributed by atoms with van der Waals surface area (Å²) in [5, 5.41) is 0. The largest absolute Gasteiger partial charge is 0.492 e. The first-order valence-electron chi connectivity index (χ1n) is 7.42. The fourth-order valence-corrected chi connectivity index (χ4v) is 2.38. The Kier molecular flexibility index (Phi) is 8.16. The van der Waals surface area contributed by atoms with Crippen molar-refractivity contribution in [3.8, 4) is 5.75 Å². The summed E-state index contributed by atoms with van der Waals surface area (Å²) in [6, 6.07) is 7.13. The molecule has 0 radical (unpaired) electrons. The van der Waals surface area contributed by atoms with Crippen LogP contribution in [0.15, 0.2) is 24.3 Å². The van der Waals surface area contributed by atoms with Crippen LogP contribution in [0.4, 0.5) is 0 Å². The van der Waals surface area contributed by atoms with E-state index in [1.54, 1.807) is 19.1 Å². The van der Waals surface area contributed by atoms with Crippen LogP contribution < -0.4 is 4.74 Å². The minimum atomic E-state index is -0.285. The van der Waals surface area contributed by atoms with Crippen molar-refractivity contribution in [3.63, 3.8) is 0 Å². The fraction of sp³-hybridized carbons (Fsp3) is 0.562. The van der Waals surface area contributed by atoms with Gasteiger partial charge < -0.3 is 9.47 Å². The van der Waals surface area contributed by atoms with Crippen LogP contribution in [0, 0.1) is 0 Å². The van der Waals surface area contributed by atoms with Crippen molar-refractivity contribution in [3.05, 3.63) is 29.8 Å². The van der Waals surface area contributed by atoms with E-state index in [1.165, 1.54) is 32.4 Å². The monoisotopic (exact) mass is 313 g/mol. The Morgan fingerprint density at radius 3 is 2.43 bits per heavy atom. The van der Waals surface area contributed by atoms with Gasteiger partial charge in [-0.3, -0.25) is 4.90 Å². The third-order valence-electron chi connectivity index (χ3n) is 3.49. The molecule has 118 valence electrons. The quantitative estimate of drug-likeness (QED) is 0.756. The van der Waals surface area contributed by atoms with Crippen LogP contribution in [0.2, 0.25) is 0 Å². The van der Waals surface area contributed by atoms with Gasteiger partial charge in [0.1, 0.15) is 12.4 Å². The lowest BCUT2D eigenvalue weighted by molar-refractivity contribution is 0.0526. The van der Waals surface area contributed by atoms with E-state index in [-0.39, 0.29) is 18.4 Å². The van der Waals surface area contributed by atoms with E-state index in [2.05, 4.69) is 4.90 Å². The summed E-state index contributed by atoms with van der Waals surface area (Å²) in [7, 11) is 0. The molecule has 1 aliphatic rings. The van der Waals surface area contributed by atoms with Gasteiger partial charge in [-0.15, -0.1) is 12.4 Å². The van der Waals surface area contributed by atoms with Crippen LogP contribution in [-0.4, -0.2) is 43.7 Å². The number of halogens is 1. The standard InChI is InChI=1S/C16H23NO3.ClH/c1-2-19-16(18)14-6-8-15(9-7-14)20-13-12-17-10-4-3-5-11-17;/h6-9H,2-5,10-13H2,1H3;1H. The van der Waals surface area contributed by atoms with Crippen LogP contribution in [-0.2, 0) is 4.74 Å². The van der Waals surface area contributed by atoms with Crippen molar-refractivity contribution in [1.29, 1.82) is 0 Å². The highest BCUT2D eigenvalue weighted by Crippen LogP contribution is 2.13. The summed E-state index contributed by atoms with van der Waals surface area (Å²) in [5.74, 6) is 0.516. The van der Waals surface area contributed by atoms with Gasteiger partial charge in [0.05, 0.1) is 12.2 Å². The van der Waals surface area contributed by atoms with Crippen LogP contribution in [0.1, 0.15) is 36.5 Å². The normalized spacial score (nSPS) is 15.1. The first kappa shape index (κ1) is 17.8.